The predicted octanol–water partition coefficient (Wildman–Crippen LogP) is 5.15. The van der Waals surface area contributed by atoms with Gasteiger partial charge in [0, 0.05) is 16.6 Å². The minimum atomic E-state index is -0.951. The van der Waals surface area contributed by atoms with E-state index >= 15 is 0 Å². The maximum absolute atomic E-state index is 11.3. The number of carboxylic acid groups (broad SMARTS) is 1. The van der Waals surface area contributed by atoms with E-state index in [2.05, 4.69) is 4.98 Å². The fraction of sp³-hybridized carbons (Fsp3) is 0.0526. The smallest absolute Gasteiger partial charge is 0.336 e. The lowest BCUT2D eigenvalue weighted by Gasteiger charge is -2.05. The van der Waals surface area contributed by atoms with Gasteiger partial charge in [-0.3, -0.25) is 4.98 Å². The lowest BCUT2D eigenvalue weighted by molar-refractivity contribution is 0.0699. The first-order chi connectivity index (χ1) is 11.0. The van der Waals surface area contributed by atoms with E-state index < -0.39 is 5.97 Å². The quantitative estimate of drug-likeness (QED) is 0.678. The Kier molecular flexibility index (Phi) is 4.13. The molecule has 0 fully saturated rings. The summed E-state index contributed by atoms with van der Waals surface area (Å²) in [6.07, 6.45) is 3.53. The third-order valence-electron chi connectivity index (χ3n) is 3.68. The van der Waals surface area contributed by atoms with Gasteiger partial charge in [-0.25, -0.2) is 4.79 Å². The molecule has 0 bridgehead atoms. The Morgan fingerprint density at radius 1 is 1.13 bits per heavy atom. The number of allylic oxidation sites excluding steroid dienone is 1. The zero-order valence-electron chi connectivity index (χ0n) is 12.5. The second kappa shape index (κ2) is 6.23. The Morgan fingerprint density at radius 2 is 1.87 bits per heavy atom. The molecule has 23 heavy (non-hydrogen) atoms. The zero-order chi connectivity index (χ0) is 16.4. The lowest BCUT2D eigenvalue weighted by Crippen LogP contribution is -1.98. The molecule has 114 valence electrons. The second-order valence-corrected chi connectivity index (χ2v) is 5.71. The number of aromatic carboxylic acids is 1. The van der Waals surface area contributed by atoms with Gasteiger partial charge < -0.3 is 5.11 Å². The molecule has 1 aromatic heterocycles. The Balaban J connectivity index is 2.06. The fourth-order valence-corrected chi connectivity index (χ4v) is 2.61. The van der Waals surface area contributed by atoms with Crippen LogP contribution in [-0.2, 0) is 0 Å². The van der Waals surface area contributed by atoms with Crippen LogP contribution >= 0.6 is 11.6 Å². The van der Waals surface area contributed by atoms with Crippen molar-refractivity contribution in [2.45, 2.75) is 6.92 Å². The maximum Gasteiger partial charge on any atom is 0.336 e. The highest BCUT2D eigenvalue weighted by Crippen LogP contribution is 2.23. The van der Waals surface area contributed by atoms with Gasteiger partial charge in [-0.05, 0) is 54.0 Å². The average molecular weight is 324 g/mol. The van der Waals surface area contributed by atoms with Gasteiger partial charge in [-0.2, -0.15) is 0 Å². The van der Waals surface area contributed by atoms with Crippen LogP contribution in [-0.4, -0.2) is 16.1 Å². The zero-order valence-corrected chi connectivity index (χ0v) is 13.2. The monoisotopic (exact) mass is 323 g/mol. The molecular formula is C19H14ClNO2. The molecular weight excluding hydrogens is 310 g/mol. The molecule has 3 nitrogen and oxygen atoms in total. The van der Waals surface area contributed by atoms with E-state index in [0.717, 1.165) is 16.7 Å². The number of carbonyl (C=O) groups is 1. The van der Waals surface area contributed by atoms with Crippen LogP contribution in [0.3, 0.4) is 0 Å². The third kappa shape index (κ3) is 3.25. The molecule has 0 aliphatic carbocycles. The molecule has 4 heteroatoms. The molecule has 0 aliphatic heterocycles. The minimum absolute atomic E-state index is 0.259. The number of fused-ring (bicyclic) bond motifs is 1. The van der Waals surface area contributed by atoms with Crippen molar-refractivity contribution in [3.63, 3.8) is 0 Å². The van der Waals surface area contributed by atoms with E-state index in [1.165, 1.54) is 12.3 Å². The van der Waals surface area contributed by atoms with Crippen molar-refractivity contribution in [1.82, 2.24) is 4.98 Å². The first kappa shape index (κ1) is 15.3. The molecule has 0 spiro atoms. The molecule has 3 rings (SSSR count). The molecule has 0 unspecified atom stereocenters. The summed E-state index contributed by atoms with van der Waals surface area (Å²) < 4.78 is 0. The summed E-state index contributed by atoms with van der Waals surface area (Å²) in [5.74, 6) is -0.951. The average Bonchev–Trinajstić information content (AvgIpc) is 2.54. The molecule has 0 atom stereocenters. The van der Waals surface area contributed by atoms with E-state index in [4.69, 9.17) is 11.6 Å². The van der Waals surface area contributed by atoms with E-state index in [0.29, 0.717) is 15.9 Å². The molecule has 1 heterocycles. The number of halogens is 1. The topological polar surface area (TPSA) is 50.2 Å². The molecule has 3 aromatic rings. The van der Waals surface area contributed by atoms with E-state index in [-0.39, 0.29) is 5.56 Å². The van der Waals surface area contributed by atoms with Gasteiger partial charge >= 0.3 is 5.97 Å². The molecule has 0 saturated carbocycles. The number of hydrogen-bond donors (Lipinski definition) is 1. The highest BCUT2D eigenvalue weighted by molar-refractivity contribution is 6.30. The second-order valence-electron chi connectivity index (χ2n) is 5.27. The SMILES string of the molecule is C/C(=C\c1ccc2nccc(C(=O)O)c2c1)c1ccc(Cl)cc1. The Labute approximate surface area is 138 Å². The summed E-state index contributed by atoms with van der Waals surface area (Å²) in [6.45, 7) is 2.01. The molecule has 0 saturated heterocycles. The largest absolute Gasteiger partial charge is 0.478 e. The first-order valence-corrected chi connectivity index (χ1v) is 7.49. The van der Waals surface area contributed by atoms with Gasteiger partial charge in [0.25, 0.3) is 0 Å². The van der Waals surface area contributed by atoms with Crippen LogP contribution in [0.2, 0.25) is 5.02 Å². The van der Waals surface area contributed by atoms with Crippen molar-refractivity contribution in [3.05, 3.63) is 76.4 Å². The van der Waals surface area contributed by atoms with Gasteiger partial charge in [0.2, 0.25) is 0 Å². The summed E-state index contributed by atoms with van der Waals surface area (Å²) >= 11 is 5.91. The van der Waals surface area contributed by atoms with E-state index in [1.54, 1.807) is 0 Å². The van der Waals surface area contributed by atoms with Crippen LogP contribution in [0.25, 0.3) is 22.6 Å². The van der Waals surface area contributed by atoms with Crippen molar-refractivity contribution in [3.8, 4) is 0 Å². The summed E-state index contributed by atoms with van der Waals surface area (Å²) in [5, 5.41) is 10.6. The lowest BCUT2D eigenvalue weighted by atomic mass is 10.0. The molecule has 1 N–H and O–H groups in total. The van der Waals surface area contributed by atoms with Crippen LogP contribution in [0, 0.1) is 0 Å². The number of pyridine rings is 1. The molecule has 0 radical (unpaired) electrons. The Hall–Kier alpha value is -2.65. The minimum Gasteiger partial charge on any atom is -0.478 e. The van der Waals surface area contributed by atoms with Gasteiger partial charge in [-0.15, -0.1) is 0 Å². The van der Waals surface area contributed by atoms with Crippen LogP contribution in [0.5, 0.6) is 0 Å². The number of benzene rings is 2. The molecule has 0 aliphatic rings. The summed E-state index contributed by atoms with van der Waals surface area (Å²) in [4.78, 5) is 15.6. The standard InChI is InChI=1S/C19H14ClNO2/c1-12(14-3-5-15(20)6-4-14)10-13-2-7-18-17(11-13)16(19(22)23)8-9-21-18/h2-11H,1H3,(H,22,23)/b12-10+. The van der Waals surface area contributed by atoms with E-state index in [9.17, 15) is 9.90 Å². The Morgan fingerprint density at radius 3 is 2.57 bits per heavy atom. The summed E-state index contributed by atoms with van der Waals surface area (Å²) in [7, 11) is 0. The van der Waals surface area contributed by atoms with Crippen LogP contribution < -0.4 is 0 Å². The number of carboxylic acids is 1. The number of nitrogens with zero attached hydrogens (tertiary/aromatic N) is 1. The summed E-state index contributed by atoms with van der Waals surface area (Å²) in [6, 6.07) is 14.7. The van der Waals surface area contributed by atoms with Crippen molar-refractivity contribution in [2.75, 3.05) is 0 Å². The van der Waals surface area contributed by atoms with E-state index in [1.807, 2.05) is 55.5 Å². The van der Waals surface area contributed by atoms with Gasteiger partial charge in [0.05, 0.1) is 11.1 Å². The van der Waals surface area contributed by atoms with Crippen LogP contribution in [0.4, 0.5) is 0 Å². The molecule has 2 aromatic carbocycles. The van der Waals surface area contributed by atoms with Crippen molar-refractivity contribution >= 4 is 40.1 Å². The van der Waals surface area contributed by atoms with Gasteiger partial charge in [0.15, 0.2) is 0 Å². The predicted molar refractivity (Wildman–Crippen MR) is 93.7 cm³/mol. The summed E-state index contributed by atoms with van der Waals surface area (Å²) in [5.41, 5.74) is 4.00. The third-order valence-corrected chi connectivity index (χ3v) is 3.93. The van der Waals surface area contributed by atoms with Gasteiger partial charge in [0.1, 0.15) is 0 Å². The van der Waals surface area contributed by atoms with Crippen molar-refractivity contribution in [2.24, 2.45) is 0 Å². The number of hydrogen-bond acceptors (Lipinski definition) is 2. The van der Waals surface area contributed by atoms with Gasteiger partial charge in [-0.1, -0.05) is 35.9 Å². The van der Waals surface area contributed by atoms with Crippen LogP contribution in [0.1, 0.15) is 28.4 Å². The molecule has 0 amide bonds. The highest BCUT2D eigenvalue weighted by atomic mass is 35.5. The maximum atomic E-state index is 11.3. The Bertz CT molecular complexity index is 914. The van der Waals surface area contributed by atoms with Crippen molar-refractivity contribution < 1.29 is 9.90 Å². The normalized spacial score (nSPS) is 11.7. The highest BCUT2D eigenvalue weighted by Gasteiger charge is 2.09. The fourth-order valence-electron chi connectivity index (χ4n) is 2.49. The van der Waals surface area contributed by atoms with Crippen LogP contribution in [0.15, 0.2) is 54.7 Å². The number of rotatable bonds is 3. The van der Waals surface area contributed by atoms with Crippen molar-refractivity contribution in [1.29, 1.82) is 0 Å². The first-order valence-electron chi connectivity index (χ1n) is 7.11. The number of aromatic nitrogens is 1.